The summed E-state index contributed by atoms with van der Waals surface area (Å²) in [4.78, 5) is 6.97. The fourth-order valence-corrected chi connectivity index (χ4v) is 4.70. The van der Waals surface area contributed by atoms with Crippen molar-refractivity contribution in [2.45, 2.75) is 38.9 Å². The Balaban J connectivity index is 1.78. The van der Waals surface area contributed by atoms with Gasteiger partial charge in [0, 0.05) is 23.7 Å². The molecule has 0 aliphatic carbocycles. The van der Waals surface area contributed by atoms with Crippen molar-refractivity contribution in [1.82, 2.24) is 14.6 Å². The first kappa shape index (κ1) is 22.4. The van der Waals surface area contributed by atoms with Gasteiger partial charge in [-0.2, -0.15) is 18.3 Å². The molecule has 2 aromatic heterocycles. The third kappa shape index (κ3) is 3.92. The summed E-state index contributed by atoms with van der Waals surface area (Å²) in [7, 11) is 0. The van der Waals surface area contributed by atoms with Gasteiger partial charge in [-0.15, -0.1) is 0 Å². The van der Waals surface area contributed by atoms with E-state index in [1.807, 2.05) is 43.0 Å². The van der Waals surface area contributed by atoms with Crippen molar-refractivity contribution in [1.29, 1.82) is 0 Å². The molecule has 1 aliphatic rings. The Morgan fingerprint density at radius 2 is 1.79 bits per heavy atom. The van der Waals surface area contributed by atoms with E-state index in [0.29, 0.717) is 22.7 Å². The Morgan fingerprint density at radius 3 is 2.50 bits per heavy atom. The molecular weight excluding hydrogens is 441 g/mol. The maximum atomic E-state index is 13.5. The molecule has 1 aliphatic heterocycles. The molecule has 1 atom stereocenters. The molecule has 176 valence electrons. The summed E-state index contributed by atoms with van der Waals surface area (Å²) in [5.41, 5.74) is 4.44. The summed E-state index contributed by atoms with van der Waals surface area (Å²) in [5.74, 6) is 0.629. The van der Waals surface area contributed by atoms with Crippen LogP contribution in [0.2, 0.25) is 0 Å². The number of nitrogens with zero attached hydrogens (tertiary/aromatic N) is 4. The van der Waals surface area contributed by atoms with Crippen LogP contribution < -0.4 is 4.90 Å². The number of hydrogen-bond acceptors (Lipinski definition) is 4. The van der Waals surface area contributed by atoms with Crippen LogP contribution in [0.5, 0.6) is 0 Å². The first-order valence-corrected chi connectivity index (χ1v) is 11.3. The SMILES string of the molecule is Cc1ccc(-c2c(C)nn3c(-c4cccc(C(F)(F)F)c4)cc(N4CCCC4CO)nc23)cc1. The zero-order valence-corrected chi connectivity index (χ0v) is 19.0. The third-order valence-corrected chi connectivity index (χ3v) is 6.46. The molecule has 3 heterocycles. The van der Waals surface area contributed by atoms with Crippen LogP contribution in [0.25, 0.3) is 28.0 Å². The average molecular weight is 467 g/mol. The molecule has 1 fully saturated rings. The minimum atomic E-state index is -4.45. The number of anilines is 1. The summed E-state index contributed by atoms with van der Waals surface area (Å²) in [5, 5.41) is 14.6. The number of aliphatic hydroxyl groups is 1. The van der Waals surface area contributed by atoms with Crippen molar-refractivity contribution in [2.24, 2.45) is 0 Å². The van der Waals surface area contributed by atoms with Gasteiger partial charge in [0.2, 0.25) is 0 Å². The lowest BCUT2D eigenvalue weighted by atomic mass is 10.0. The Morgan fingerprint density at radius 1 is 1.03 bits per heavy atom. The van der Waals surface area contributed by atoms with Gasteiger partial charge in [0.25, 0.3) is 0 Å². The van der Waals surface area contributed by atoms with Crippen molar-refractivity contribution < 1.29 is 18.3 Å². The van der Waals surface area contributed by atoms with Crippen LogP contribution in [0, 0.1) is 13.8 Å². The van der Waals surface area contributed by atoms with E-state index in [9.17, 15) is 18.3 Å². The van der Waals surface area contributed by atoms with Gasteiger partial charge in [-0.3, -0.25) is 0 Å². The molecule has 0 spiro atoms. The van der Waals surface area contributed by atoms with Crippen LogP contribution >= 0.6 is 0 Å². The predicted molar refractivity (Wildman–Crippen MR) is 126 cm³/mol. The molecule has 4 aromatic rings. The second-order valence-corrected chi connectivity index (χ2v) is 8.81. The number of aromatic nitrogens is 3. The van der Waals surface area contributed by atoms with Gasteiger partial charge < -0.3 is 10.0 Å². The molecular formula is C26H25F3N4O. The van der Waals surface area contributed by atoms with E-state index in [0.717, 1.165) is 53.9 Å². The zero-order valence-electron chi connectivity index (χ0n) is 19.0. The molecule has 0 bridgehead atoms. The molecule has 1 saturated heterocycles. The number of rotatable bonds is 4. The van der Waals surface area contributed by atoms with E-state index in [1.54, 1.807) is 16.6 Å². The van der Waals surface area contributed by atoms with Gasteiger partial charge in [-0.25, -0.2) is 9.50 Å². The highest BCUT2D eigenvalue weighted by Gasteiger charge is 2.31. The maximum Gasteiger partial charge on any atom is 0.416 e. The van der Waals surface area contributed by atoms with Gasteiger partial charge in [0.05, 0.1) is 29.6 Å². The summed E-state index contributed by atoms with van der Waals surface area (Å²) < 4.78 is 42.0. The lowest BCUT2D eigenvalue weighted by molar-refractivity contribution is -0.137. The number of halogens is 3. The first-order valence-electron chi connectivity index (χ1n) is 11.3. The molecule has 0 saturated carbocycles. The lowest BCUT2D eigenvalue weighted by Crippen LogP contribution is -2.32. The minimum absolute atomic E-state index is 0.00510. The molecule has 8 heteroatoms. The van der Waals surface area contributed by atoms with Crippen LogP contribution in [0.15, 0.2) is 54.6 Å². The molecule has 0 amide bonds. The average Bonchev–Trinajstić information content (AvgIpc) is 3.42. The largest absolute Gasteiger partial charge is 0.416 e. The van der Waals surface area contributed by atoms with Crippen LogP contribution in [-0.4, -0.2) is 38.9 Å². The van der Waals surface area contributed by atoms with Crippen LogP contribution in [-0.2, 0) is 6.18 Å². The Labute approximate surface area is 195 Å². The zero-order chi connectivity index (χ0) is 24.0. The quantitative estimate of drug-likeness (QED) is 0.422. The van der Waals surface area contributed by atoms with E-state index in [2.05, 4.69) is 0 Å². The Hall–Kier alpha value is -3.39. The predicted octanol–water partition coefficient (Wildman–Crippen LogP) is 5.66. The molecule has 1 N–H and O–H groups in total. The van der Waals surface area contributed by atoms with Gasteiger partial charge in [0.15, 0.2) is 5.65 Å². The molecule has 34 heavy (non-hydrogen) atoms. The number of benzene rings is 2. The van der Waals surface area contributed by atoms with Crippen molar-refractivity contribution in [3.63, 3.8) is 0 Å². The molecule has 1 unspecified atom stereocenters. The van der Waals surface area contributed by atoms with E-state index in [4.69, 9.17) is 10.1 Å². The lowest BCUT2D eigenvalue weighted by Gasteiger charge is -2.25. The van der Waals surface area contributed by atoms with E-state index >= 15 is 0 Å². The summed E-state index contributed by atoms with van der Waals surface area (Å²) >= 11 is 0. The second kappa shape index (κ2) is 8.43. The molecule has 2 aromatic carbocycles. The van der Waals surface area contributed by atoms with Crippen LogP contribution in [0.3, 0.4) is 0 Å². The molecule has 5 nitrogen and oxygen atoms in total. The van der Waals surface area contributed by atoms with Gasteiger partial charge in [-0.05, 0) is 44.4 Å². The highest BCUT2D eigenvalue weighted by Crippen LogP contribution is 2.36. The van der Waals surface area contributed by atoms with Crippen LogP contribution in [0.4, 0.5) is 19.0 Å². The summed E-state index contributed by atoms with van der Waals surface area (Å²) in [6.45, 7) is 4.61. The van der Waals surface area contributed by atoms with Crippen molar-refractivity contribution in [3.8, 4) is 22.4 Å². The summed E-state index contributed by atoms with van der Waals surface area (Å²) in [6, 6.07) is 15.0. The summed E-state index contributed by atoms with van der Waals surface area (Å²) in [6.07, 6.45) is -2.69. The standard InChI is InChI=1S/C26H25F3N4O/c1-16-8-10-18(11-9-16)24-17(2)31-33-22(19-5-3-6-20(13-19)26(27,28)29)14-23(30-25(24)33)32-12-4-7-21(32)15-34/h3,5-6,8-11,13-14,21,34H,4,7,12,15H2,1-2H3. The van der Waals surface area contributed by atoms with Crippen molar-refractivity contribution in [2.75, 3.05) is 18.1 Å². The number of aryl methyl sites for hydroxylation is 2. The van der Waals surface area contributed by atoms with Gasteiger partial charge in [0.1, 0.15) is 5.82 Å². The Kier molecular flexibility index (Phi) is 5.56. The van der Waals surface area contributed by atoms with Gasteiger partial charge >= 0.3 is 6.18 Å². The minimum Gasteiger partial charge on any atom is -0.394 e. The Bertz CT molecular complexity index is 1340. The maximum absolute atomic E-state index is 13.5. The first-order chi connectivity index (χ1) is 16.3. The van der Waals surface area contributed by atoms with Gasteiger partial charge in [-0.1, -0.05) is 42.0 Å². The normalized spacial score (nSPS) is 16.5. The van der Waals surface area contributed by atoms with Crippen molar-refractivity contribution >= 4 is 11.5 Å². The van der Waals surface area contributed by atoms with E-state index in [-0.39, 0.29) is 12.6 Å². The highest BCUT2D eigenvalue weighted by atomic mass is 19.4. The number of alkyl halides is 3. The smallest absolute Gasteiger partial charge is 0.394 e. The highest BCUT2D eigenvalue weighted by molar-refractivity contribution is 5.83. The van der Waals surface area contributed by atoms with Crippen LogP contribution in [0.1, 0.15) is 29.7 Å². The third-order valence-electron chi connectivity index (χ3n) is 6.46. The number of aliphatic hydroxyl groups excluding tert-OH is 1. The van der Waals surface area contributed by atoms with Crippen molar-refractivity contribution in [3.05, 3.63) is 71.4 Å². The fraction of sp³-hybridized carbons (Fsp3) is 0.308. The monoisotopic (exact) mass is 466 g/mol. The molecule has 5 rings (SSSR count). The number of hydrogen-bond donors (Lipinski definition) is 1. The second-order valence-electron chi connectivity index (χ2n) is 8.81. The topological polar surface area (TPSA) is 53.7 Å². The fourth-order valence-electron chi connectivity index (χ4n) is 4.70. The molecule has 0 radical (unpaired) electrons. The van der Waals surface area contributed by atoms with E-state index in [1.165, 1.54) is 6.07 Å². The number of fused-ring (bicyclic) bond motifs is 1. The van der Waals surface area contributed by atoms with E-state index < -0.39 is 11.7 Å².